The molecule has 142 valence electrons. The van der Waals surface area contributed by atoms with E-state index in [9.17, 15) is 5.11 Å². The first kappa shape index (κ1) is 16.9. The molecule has 27 heavy (non-hydrogen) atoms. The van der Waals surface area contributed by atoms with Crippen molar-refractivity contribution in [3.63, 3.8) is 0 Å². The third-order valence-corrected chi connectivity index (χ3v) is 6.27. The molecule has 2 N–H and O–H groups in total. The van der Waals surface area contributed by atoms with Gasteiger partial charge < -0.3 is 24.8 Å². The molecule has 7 nitrogen and oxygen atoms in total. The molecule has 4 atom stereocenters. The van der Waals surface area contributed by atoms with Crippen LogP contribution in [-0.4, -0.2) is 66.9 Å². The quantitative estimate of drug-likeness (QED) is 0.831. The monoisotopic (exact) mass is 368 g/mol. The molecule has 3 aliphatic heterocycles. The first-order valence-electron chi connectivity index (χ1n) is 9.45. The zero-order valence-corrected chi connectivity index (χ0v) is 15.3. The van der Waals surface area contributed by atoms with Gasteiger partial charge in [-0.3, -0.25) is 0 Å². The highest BCUT2D eigenvalue weighted by molar-refractivity contribution is 5.67. The summed E-state index contributed by atoms with van der Waals surface area (Å²) in [7, 11) is 1.66. The number of aliphatic hydroxyl groups is 1. The van der Waals surface area contributed by atoms with E-state index in [1.165, 1.54) is 0 Å². The molecule has 1 aromatic heterocycles. The molecule has 7 heteroatoms. The number of nitrogens with one attached hydrogen (secondary N) is 1. The summed E-state index contributed by atoms with van der Waals surface area (Å²) in [5, 5.41) is 22.2. The fourth-order valence-electron chi connectivity index (χ4n) is 4.97. The minimum Gasteiger partial charge on any atom is -0.496 e. The van der Waals surface area contributed by atoms with Gasteiger partial charge in [-0.15, -0.1) is 10.2 Å². The van der Waals surface area contributed by atoms with Gasteiger partial charge in [0.2, 0.25) is 0 Å². The van der Waals surface area contributed by atoms with E-state index >= 15 is 0 Å². The Hall–Kier alpha value is -2.22. The first-order chi connectivity index (χ1) is 13.2. The molecule has 0 aliphatic carbocycles. The highest BCUT2D eigenvalue weighted by atomic mass is 16.5. The van der Waals surface area contributed by atoms with E-state index in [-0.39, 0.29) is 24.2 Å². The number of rotatable bonds is 4. The zero-order chi connectivity index (χ0) is 18.4. The molecule has 5 rings (SSSR count). The van der Waals surface area contributed by atoms with Gasteiger partial charge in [0.1, 0.15) is 11.4 Å². The Kier molecular flexibility index (Phi) is 4.03. The van der Waals surface area contributed by atoms with E-state index in [1.807, 2.05) is 36.4 Å². The predicted octanol–water partition coefficient (Wildman–Crippen LogP) is 0.938. The average Bonchev–Trinajstić information content (AvgIpc) is 3.16. The Labute approximate surface area is 158 Å². The van der Waals surface area contributed by atoms with Crippen molar-refractivity contribution >= 4 is 5.82 Å². The lowest BCUT2D eigenvalue weighted by Gasteiger charge is -2.34. The molecule has 3 aliphatic rings. The fourth-order valence-corrected chi connectivity index (χ4v) is 4.97. The molecule has 3 fully saturated rings. The van der Waals surface area contributed by atoms with Crippen molar-refractivity contribution in [3.8, 4) is 17.0 Å². The number of ether oxygens (including phenoxy) is 2. The van der Waals surface area contributed by atoms with Crippen molar-refractivity contribution in [3.05, 3.63) is 36.4 Å². The molecule has 0 radical (unpaired) electrons. The molecule has 2 aromatic rings. The highest BCUT2D eigenvalue weighted by Gasteiger charge is 2.60. The maximum Gasteiger partial charge on any atom is 0.151 e. The number of morpholine rings is 1. The lowest BCUT2D eigenvalue weighted by Crippen LogP contribution is -2.52. The molecule has 1 aromatic carbocycles. The SMILES string of the molecule is COc1ccccc1-c1ccc(N2C[C@@H]3[C@H](CO)[C@H]4CNC[C@]3(C2)O4)nn1. The lowest BCUT2D eigenvalue weighted by molar-refractivity contribution is -0.0654. The number of methoxy groups -OCH3 is 1. The zero-order valence-electron chi connectivity index (χ0n) is 15.3. The summed E-state index contributed by atoms with van der Waals surface area (Å²) in [5.74, 6) is 2.14. The summed E-state index contributed by atoms with van der Waals surface area (Å²) in [6.45, 7) is 3.45. The van der Waals surface area contributed by atoms with Crippen LogP contribution in [0.3, 0.4) is 0 Å². The van der Waals surface area contributed by atoms with Crippen molar-refractivity contribution in [2.24, 2.45) is 11.8 Å². The third-order valence-electron chi connectivity index (χ3n) is 6.27. The summed E-state index contributed by atoms with van der Waals surface area (Å²) in [5.41, 5.74) is 1.50. The average molecular weight is 368 g/mol. The summed E-state index contributed by atoms with van der Waals surface area (Å²) < 4.78 is 11.8. The van der Waals surface area contributed by atoms with Gasteiger partial charge in [0.05, 0.1) is 25.5 Å². The van der Waals surface area contributed by atoms with Gasteiger partial charge in [0.15, 0.2) is 5.82 Å². The molecule has 0 saturated carbocycles. The topological polar surface area (TPSA) is 79.7 Å². The number of hydrogen-bond acceptors (Lipinski definition) is 7. The number of fused-ring (bicyclic) bond motifs is 1. The van der Waals surface area contributed by atoms with E-state index in [0.717, 1.165) is 49.0 Å². The summed E-state index contributed by atoms with van der Waals surface area (Å²) in [4.78, 5) is 2.23. The van der Waals surface area contributed by atoms with Crippen LogP contribution in [0.4, 0.5) is 5.82 Å². The van der Waals surface area contributed by atoms with Crippen molar-refractivity contribution in [1.29, 1.82) is 0 Å². The van der Waals surface area contributed by atoms with Crippen LogP contribution in [0.5, 0.6) is 5.75 Å². The smallest absolute Gasteiger partial charge is 0.151 e. The summed E-state index contributed by atoms with van der Waals surface area (Å²) >= 11 is 0. The van der Waals surface area contributed by atoms with Crippen LogP contribution < -0.4 is 15.0 Å². The number of benzene rings is 1. The van der Waals surface area contributed by atoms with Crippen molar-refractivity contribution in [2.75, 3.05) is 44.8 Å². The van der Waals surface area contributed by atoms with E-state index in [0.29, 0.717) is 5.92 Å². The van der Waals surface area contributed by atoms with Gasteiger partial charge in [0, 0.05) is 43.6 Å². The molecular formula is C20H24N4O3. The second-order valence-corrected chi connectivity index (χ2v) is 7.66. The number of aliphatic hydroxyl groups excluding tert-OH is 1. The first-order valence-corrected chi connectivity index (χ1v) is 9.45. The van der Waals surface area contributed by atoms with Crippen LogP contribution in [0.1, 0.15) is 0 Å². The second kappa shape index (κ2) is 6.44. The maximum atomic E-state index is 9.86. The van der Waals surface area contributed by atoms with Gasteiger partial charge >= 0.3 is 0 Å². The molecule has 2 bridgehead atoms. The van der Waals surface area contributed by atoms with E-state index < -0.39 is 0 Å². The van der Waals surface area contributed by atoms with Crippen molar-refractivity contribution in [1.82, 2.24) is 15.5 Å². The Bertz CT molecular complexity index is 830. The Morgan fingerprint density at radius 3 is 2.96 bits per heavy atom. The Morgan fingerprint density at radius 1 is 1.30 bits per heavy atom. The van der Waals surface area contributed by atoms with Crippen LogP contribution in [-0.2, 0) is 4.74 Å². The fraction of sp³-hybridized carbons (Fsp3) is 0.500. The number of nitrogens with zero attached hydrogens (tertiary/aromatic N) is 3. The van der Waals surface area contributed by atoms with E-state index in [4.69, 9.17) is 9.47 Å². The predicted molar refractivity (Wildman–Crippen MR) is 101 cm³/mol. The minimum atomic E-state index is -0.223. The Balaban J connectivity index is 1.39. The molecule has 1 spiro atoms. The standard InChI is InChI=1S/C20H24N4O3/c1-26-17-5-3-2-4-13(17)16-6-7-19(23-22-16)24-9-15-14(10-25)18-8-21-11-20(15,12-24)27-18/h2-7,14-15,18,21,25H,8-12H2,1H3/t14-,15+,18+,20+/m0/s1. The second-order valence-electron chi connectivity index (χ2n) is 7.66. The van der Waals surface area contributed by atoms with Crippen molar-refractivity contribution in [2.45, 2.75) is 11.7 Å². The number of anilines is 1. The van der Waals surface area contributed by atoms with Crippen LogP contribution in [0.25, 0.3) is 11.3 Å². The van der Waals surface area contributed by atoms with Gasteiger partial charge in [-0.2, -0.15) is 0 Å². The van der Waals surface area contributed by atoms with E-state index in [2.05, 4.69) is 20.4 Å². The molecule has 0 amide bonds. The molecule has 4 heterocycles. The summed E-state index contributed by atoms with van der Waals surface area (Å²) in [6.07, 6.45) is 0.120. The van der Waals surface area contributed by atoms with Crippen molar-refractivity contribution < 1.29 is 14.6 Å². The normalized spacial score (nSPS) is 31.8. The van der Waals surface area contributed by atoms with Crippen LogP contribution in [0.2, 0.25) is 0 Å². The summed E-state index contributed by atoms with van der Waals surface area (Å²) in [6, 6.07) is 11.8. The Morgan fingerprint density at radius 2 is 2.19 bits per heavy atom. The van der Waals surface area contributed by atoms with Crippen LogP contribution in [0.15, 0.2) is 36.4 Å². The third kappa shape index (κ3) is 2.61. The highest BCUT2D eigenvalue weighted by Crippen LogP contribution is 2.47. The minimum absolute atomic E-state index is 0.120. The number of para-hydroxylation sites is 1. The van der Waals surface area contributed by atoms with Gasteiger partial charge in [0.25, 0.3) is 0 Å². The largest absolute Gasteiger partial charge is 0.496 e. The number of hydrogen-bond donors (Lipinski definition) is 2. The molecule has 3 saturated heterocycles. The lowest BCUT2D eigenvalue weighted by atomic mass is 9.83. The maximum absolute atomic E-state index is 9.86. The molecular weight excluding hydrogens is 344 g/mol. The van der Waals surface area contributed by atoms with Crippen LogP contribution >= 0.6 is 0 Å². The van der Waals surface area contributed by atoms with Gasteiger partial charge in [-0.1, -0.05) is 12.1 Å². The number of aromatic nitrogens is 2. The van der Waals surface area contributed by atoms with Gasteiger partial charge in [-0.25, -0.2) is 0 Å². The molecule has 0 unspecified atom stereocenters. The van der Waals surface area contributed by atoms with Crippen LogP contribution in [0, 0.1) is 11.8 Å². The van der Waals surface area contributed by atoms with E-state index in [1.54, 1.807) is 7.11 Å². The van der Waals surface area contributed by atoms with Gasteiger partial charge in [-0.05, 0) is 24.3 Å².